The predicted molar refractivity (Wildman–Crippen MR) is 132 cm³/mol. The van der Waals surface area contributed by atoms with Crippen LogP contribution in [0.25, 0.3) is 0 Å². The molecule has 0 heterocycles. The molecule has 0 aromatic rings. The van der Waals surface area contributed by atoms with Gasteiger partial charge in [0.15, 0.2) is 0 Å². The fraction of sp³-hybridized carbons (Fsp3) is 0.926. The highest BCUT2D eigenvalue weighted by atomic mass is 16.5. The summed E-state index contributed by atoms with van der Waals surface area (Å²) in [6.07, 6.45) is 8.12. The summed E-state index contributed by atoms with van der Waals surface area (Å²) in [7, 11) is 0. The molecule has 0 N–H and O–H groups in total. The van der Waals surface area contributed by atoms with Gasteiger partial charge < -0.3 is 18.9 Å². The van der Waals surface area contributed by atoms with Gasteiger partial charge in [0.1, 0.15) is 0 Å². The molecule has 0 bridgehead atoms. The zero-order valence-electron chi connectivity index (χ0n) is 22.1. The Morgan fingerprint density at radius 3 is 1.48 bits per heavy atom. The van der Waals surface area contributed by atoms with Crippen LogP contribution in [0.3, 0.4) is 0 Å². The first kappa shape index (κ1) is 30.4. The minimum absolute atomic E-state index is 0.392. The topological polar surface area (TPSA) is 36.9 Å². The Labute approximate surface area is 194 Å². The van der Waals surface area contributed by atoms with Gasteiger partial charge in [-0.15, -0.1) is 0 Å². The van der Waals surface area contributed by atoms with Crippen molar-refractivity contribution in [3.8, 4) is 0 Å². The van der Waals surface area contributed by atoms with Crippen molar-refractivity contribution < 1.29 is 18.9 Å². The van der Waals surface area contributed by atoms with Crippen molar-refractivity contribution in [3.63, 3.8) is 0 Å². The van der Waals surface area contributed by atoms with Crippen LogP contribution in [0, 0.1) is 29.6 Å². The van der Waals surface area contributed by atoms with E-state index in [-0.39, 0.29) is 0 Å². The van der Waals surface area contributed by atoms with Gasteiger partial charge in [0.05, 0.1) is 45.9 Å². The maximum atomic E-state index is 5.92. The van der Waals surface area contributed by atoms with Crippen molar-refractivity contribution in [1.29, 1.82) is 0 Å². The Bertz CT molecular complexity index is 423. The van der Waals surface area contributed by atoms with Crippen LogP contribution < -0.4 is 0 Å². The highest BCUT2D eigenvalue weighted by Gasteiger charge is 2.10. The van der Waals surface area contributed by atoms with Crippen molar-refractivity contribution >= 4 is 0 Å². The highest BCUT2D eigenvalue weighted by molar-refractivity contribution is 4.90. The van der Waals surface area contributed by atoms with Crippen LogP contribution in [-0.4, -0.2) is 46.2 Å². The number of allylic oxidation sites excluding steroid dienone is 1. The zero-order chi connectivity index (χ0) is 23.5. The number of ether oxygens (including phenoxy) is 4. The van der Waals surface area contributed by atoms with Gasteiger partial charge in [-0.3, -0.25) is 0 Å². The van der Waals surface area contributed by atoms with Gasteiger partial charge in [-0.05, 0) is 37.2 Å². The third-order valence-corrected chi connectivity index (χ3v) is 5.73. The van der Waals surface area contributed by atoms with Crippen LogP contribution in [-0.2, 0) is 18.9 Å². The van der Waals surface area contributed by atoms with E-state index in [1.54, 1.807) is 0 Å². The van der Waals surface area contributed by atoms with E-state index in [9.17, 15) is 0 Å². The van der Waals surface area contributed by atoms with Crippen LogP contribution in [0.4, 0.5) is 0 Å². The molecule has 0 rings (SSSR count). The first-order valence-electron chi connectivity index (χ1n) is 12.8. The molecule has 5 unspecified atom stereocenters. The van der Waals surface area contributed by atoms with E-state index in [0.29, 0.717) is 30.3 Å². The largest absolute Gasteiger partial charge is 0.501 e. The summed E-state index contributed by atoms with van der Waals surface area (Å²) in [5, 5.41) is 0. The Kier molecular flexibility index (Phi) is 19.7. The number of hydrogen-bond acceptors (Lipinski definition) is 4. The zero-order valence-corrected chi connectivity index (χ0v) is 22.1. The molecule has 0 fully saturated rings. The van der Waals surface area contributed by atoms with E-state index >= 15 is 0 Å². The fourth-order valence-electron chi connectivity index (χ4n) is 3.10. The van der Waals surface area contributed by atoms with Gasteiger partial charge in [0.25, 0.3) is 0 Å². The molecule has 0 aliphatic rings. The molecule has 0 aliphatic carbocycles. The standard InChI is InChI=1S/C27H54O4/c1-9-22(3)12-11-13-24(5)15-29-17-26(7)19-31-21-27(8)20-30-18-25(6)16-28-14-23(4)10-2/h14,22,24-27H,9-13,15-21H2,1-8H3/b23-14+. The third kappa shape index (κ3) is 19.8. The molecule has 0 radical (unpaired) electrons. The molecular weight excluding hydrogens is 388 g/mol. The van der Waals surface area contributed by atoms with Gasteiger partial charge in [-0.25, -0.2) is 0 Å². The summed E-state index contributed by atoms with van der Waals surface area (Å²) in [5.41, 5.74) is 1.27. The summed E-state index contributed by atoms with van der Waals surface area (Å²) < 4.78 is 23.2. The molecule has 0 saturated heterocycles. The maximum Gasteiger partial charge on any atom is 0.0920 e. The van der Waals surface area contributed by atoms with Gasteiger partial charge in [0, 0.05) is 24.4 Å². The van der Waals surface area contributed by atoms with E-state index < -0.39 is 0 Å². The molecule has 0 spiro atoms. The average Bonchev–Trinajstić information content (AvgIpc) is 2.73. The first-order valence-corrected chi connectivity index (χ1v) is 12.8. The molecule has 0 aromatic heterocycles. The quantitative estimate of drug-likeness (QED) is 0.177. The van der Waals surface area contributed by atoms with E-state index in [2.05, 4.69) is 55.4 Å². The SMILES string of the molecule is CC/C(C)=C/OCC(C)COCC(C)COCC(C)COCC(C)CCCC(C)CC. The Morgan fingerprint density at radius 1 is 0.613 bits per heavy atom. The second-order valence-corrected chi connectivity index (χ2v) is 10.1. The van der Waals surface area contributed by atoms with Crippen molar-refractivity contribution in [2.24, 2.45) is 29.6 Å². The second-order valence-electron chi connectivity index (χ2n) is 10.1. The van der Waals surface area contributed by atoms with Gasteiger partial charge in [-0.1, -0.05) is 67.7 Å². The summed E-state index contributed by atoms with van der Waals surface area (Å²) in [6.45, 7) is 23.0. The van der Waals surface area contributed by atoms with E-state index in [1.165, 1.54) is 31.3 Å². The Morgan fingerprint density at radius 2 is 1.03 bits per heavy atom. The minimum atomic E-state index is 0.392. The molecule has 5 atom stereocenters. The molecule has 4 nitrogen and oxygen atoms in total. The lowest BCUT2D eigenvalue weighted by Crippen LogP contribution is -2.20. The lowest BCUT2D eigenvalue weighted by atomic mass is 9.97. The van der Waals surface area contributed by atoms with Crippen LogP contribution in [0.1, 0.15) is 87.5 Å². The van der Waals surface area contributed by atoms with Crippen LogP contribution >= 0.6 is 0 Å². The second kappa shape index (κ2) is 20.1. The van der Waals surface area contributed by atoms with Crippen molar-refractivity contribution in [2.75, 3.05) is 46.2 Å². The van der Waals surface area contributed by atoms with Crippen molar-refractivity contribution in [1.82, 2.24) is 0 Å². The fourth-order valence-corrected chi connectivity index (χ4v) is 3.10. The summed E-state index contributed by atoms with van der Waals surface area (Å²) >= 11 is 0. The number of hydrogen-bond donors (Lipinski definition) is 0. The molecule has 4 heteroatoms. The summed E-state index contributed by atoms with van der Waals surface area (Å²) in [4.78, 5) is 0. The molecule has 0 saturated carbocycles. The van der Waals surface area contributed by atoms with Crippen LogP contribution in [0.5, 0.6) is 0 Å². The molecule has 0 aromatic carbocycles. The van der Waals surface area contributed by atoms with Crippen LogP contribution in [0.2, 0.25) is 0 Å². The first-order chi connectivity index (χ1) is 14.8. The monoisotopic (exact) mass is 442 g/mol. The highest BCUT2D eigenvalue weighted by Crippen LogP contribution is 2.15. The molecular formula is C27H54O4. The Balaban J connectivity index is 3.64. The van der Waals surface area contributed by atoms with Crippen LogP contribution in [0.15, 0.2) is 11.8 Å². The Hall–Kier alpha value is -0.580. The predicted octanol–water partition coefficient (Wildman–Crippen LogP) is 7.13. The van der Waals surface area contributed by atoms with E-state index in [0.717, 1.165) is 52.0 Å². The van der Waals surface area contributed by atoms with Crippen molar-refractivity contribution in [2.45, 2.75) is 87.5 Å². The summed E-state index contributed by atoms with van der Waals surface area (Å²) in [6, 6.07) is 0. The van der Waals surface area contributed by atoms with E-state index in [4.69, 9.17) is 18.9 Å². The summed E-state index contributed by atoms with van der Waals surface area (Å²) in [5.74, 6) is 2.72. The normalized spacial score (nSPS) is 17.2. The lowest BCUT2D eigenvalue weighted by molar-refractivity contribution is 0.00196. The van der Waals surface area contributed by atoms with Gasteiger partial charge in [-0.2, -0.15) is 0 Å². The molecule has 186 valence electrons. The molecule has 0 amide bonds. The van der Waals surface area contributed by atoms with E-state index in [1.807, 2.05) is 6.26 Å². The number of rotatable bonds is 21. The maximum absolute atomic E-state index is 5.92. The van der Waals surface area contributed by atoms with Gasteiger partial charge in [0.2, 0.25) is 0 Å². The average molecular weight is 443 g/mol. The van der Waals surface area contributed by atoms with Crippen molar-refractivity contribution in [3.05, 3.63) is 11.8 Å². The third-order valence-electron chi connectivity index (χ3n) is 5.73. The lowest BCUT2D eigenvalue weighted by Gasteiger charge is -2.18. The molecule has 31 heavy (non-hydrogen) atoms. The van der Waals surface area contributed by atoms with Gasteiger partial charge >= 0.3 is 0 Å². The smallest absolute Gasteiger partial charge is 0.0920 e. The minimum Gasteiger partial charge on any atom is -0.501 e. The molecule has 0 aliphatic heterocycles.